The third kappa shape index (κ3) is 2.95. The van der Waals surface area contributed by atoms with Gasteiger partial charge in [-0.25, -0.2) is 0 Å². The van der Waals surface area contributed by atoms with E-state index in [1.54, 1.807) is 21.0 Å². The summed E-state index contributed by atoms with van der Waals surface area (Å²) in [5, 5.41) is 0. The Hall–Kier alpha value is -0.990. The van der Waals surface area contributed by atoms with E-state index in [1.165, 1.54) is 4.90 Å². The van der Waals surface area contributed by atoms with Crippen LogP contribution in [0.25, 0.3) is 0 Å². The third-order valence-electron chi connectivity index (χ3n) is 1.73. The molecule has 2 N–H and O–H groups in total. The van der Waals surface area contributed by atoms with Gasteiger partial charge in [0, 0.05) is 25.4 Å². The minimum absolute atomic E-state index is 0.000880. The van der Waals surface area contributed by atoms with Crippen LogP contribution in [0.1, 0.15) is 26.7 Å². The van der Waals surface area contributed by atoms with Crippen LogP contribution in [-0.4, -0.2) is 24.9 Å². The summed E-state index contributed by atoms with van der Waals surface area (Å²) >= 11 is 0. The molecule has 70 valence electrons. The lowest BCUT2D eigenvalue weighted by Crippen LogP contribution is -2.24. The van der Waals surface area contributed by atoms with Gasteiger partial charge in [0.2, 0.25) is 0 Å². The van der Waals surface area contributed by atoms with Crippen molar-refractivity contribution in [3.63, 3.8) is 0 Å². The molecule has 0 saturated carbocycles. The number of nitrogens with two attached hydrogens (primary N) is 1. The van der Waals surface area contributed by atoms with Gasteiger partial charge in [-0.1, -0.05) is 13.3 Å². The minimum Gasteiger partial charge on any atom is -0.402 e. The van der Waals surface area contributed by atoms with Crippen molar-refractivity contribution in [1.29, 1.82) is 0 Å². The largest absolute Gasteiger partial charge is 0.402 e. The Kier molecular flexibility index (Phi) is 4.40. The van der Waals surface area contributed by atoms with Gasteiger partial charge in [-0.2, -0.15) is 0 Å². The van der Waals surface area contributed by atoms with Crippen LogP contribution in [0.5, 0.6) is 0 Å². The predicted octanol–water partition coefficient (Wildman–Crippen LogP) is 1.11. The van der Waals surface area contributed by atoms with Crippen molar-refractivity contribution >= 4 is 5.91 Å². The first-order chi connectivity index (χ1) is 5.50. The van der Waals surface area contributed by atoms with E-state index in [1.807, 2.05) is 6.92 Å². The zero-order chi connectivity index (χ0) is 9.72. The highest BCUT2D eigenvalue weighted by molar-refractivity contribution is 5.93. The molecule has 0 aromatic heterocycles. The van der Waals surface area contributed by atoms with E-state index in [0.29, 0.717) is 11.3 Å². The molecule has 0 radical (unpaired) electrons. The molecule has 0 aliphatic carbocycles. The SMILES string of the molecule is CCCC(N)=C(C)C(=O)N(C)C. The Morgan fingerprint density at radius 3 is 2.25 bits per heavy atom. The van der Waals surface area contributed by atoms with Crippen molar-refractivity contribution in [2.24, 2.45) is 5.73 Å². The van der Waals surface area contributed by atoms with Crippen LogP contribution in [0.3, 0.4) is 0 Å². The van der Waals surface area contributed by atoms with Gasteiger partial charge >= 0.3 is 0 Å². The molecule has 3 nitrogen and oxygen atoms in total. The van der Waals surface area contributed by atoms with Gasteiger partial charge in [0.15, 0.2) is 0 Å². The molecule has 0 aromatic rings. The summed E-state index contributed by atoms with van der Waals surface area (Å²) in [7, 11) is 3.45. The Morgan fingerprint density at radius 1 is 1.42 bits per heavy atom. The third-order valence-corrected chi connectivity index (χ3v) is 1.73. The Bertz CT molecular complexity index is 195. The number of likely N-dealkylation sites (N-methyl/N-ethyl adjacent to an activating group) is 1. The highest BCUT2D eigenvalue weighted by Gasteiger charge is 2.09. The number of carbonyl (C=O) groups is 1. The topological polar surface area (TPSA) is 46.3 Å². The van der Waals surface area contributed by atoms with Gasteiger partial charge in [-0.05, 0) is 13.3 Å². The molecule has 0 spiro atoms. The van der Waals surface area contributed by atoms with Gasteiger partial charge in [0.25, 0.3) is 5.91 Å². The van der Waals surface area contributed by atoms with Crippen LogP contribution < -0.4 is 5.73 Å². The smallest absolute Gasteiger partial charge is 0.250 e. The number of hydrogen-bond donors (Lipinski definition) is 1. The van der Waals surface area contributed by atoms with E-state index >= 15 is 0 Å². The van der Waals surface area contributed by atoms with Crippen molar-refractivity contribution in [3.8, 4) is 0 Å². The lowest BCUT2D eigenvalue weighted by molar-refractivity contribution is -0.124. The first-order valence-corrected chi connectivity index (χ1v) is 4.17. The number of carbonyl (C=O) groups excluding carboxylic acids is 1. The maximum absolute atomic E-state index is 11.3. The van der Waals surface area contributed by atoms with Crippen molar-refractivity contribution in [2.75, 3.05) is 14.1 Å². The lowest BCUT2D eigenvalue weighted by Gasteiger charge is -2.12. The molecule has 3 heteroatoms. The number of amides is 1. The second-order valence-electron chi connectivity index (χ2n) is 3.10. The van der Waals surface area contributed by atoms with E-state index in [-0.39, 0.29) is 5.91 Å². The Balaban J connectivity index is 4.43. The van der Waals surface area contributed by atoms with Crippen LogP contribution >= 0.6 is 0 Å². The zero-order valence-corrected chi connectivity index (χ0v) is 8.35. The molecule has 0 saturated heterocycles. The van der Waals surface area contributed by atoms with Crippen LogP contribution in [0, 0.1) is 0 Å². The van der Waals surface area contributed by atoms with E-state index in [9.17, 15) is 4.79 Å². The average molecular weight is 170 g/mol. The van der Waals surface area contributed by atoms with Gasteiger partial charge in [-0.15, -0.1) is 0 Å². The highest BCUT2D eigenvalue weighted by atomic mass is 16.2. The molecular formula is C9H18N2O. The summed E-state index contributed by atoms with van der Waals surface area (Å²) in [5.74, 6) is 0.000880. The molecule has 0 aromatic carbocycles. The molecule has 0 bridgehead atoms. The van der Waals surface area contributed by atoms with Gasteiger partial charge in [0.1, 0.15) is 0 Å². The fourth-order valence-corrected chi connectivity index (χ4v) is 0.930. The molecule has 0 atom stereocenters. The van der Waals surface area contributed by atoms with Gasteiger partial charge in [0.05, 0.1) is 0 Å². The molecule has 0 heterocycles. The molecular weight excluding hydrogens is 152 g/mol. The van der Waals surface area contributed by atoms with Crippen LogP contribution in [0.15, 0.2) is 11.3 Å². The van der Waals surface area contributed by atoms with Crippen molar-refractivity contribution in [1.82, 2.24) is 4.90 Å². The average Bonchev–Trinajstić information content (AvgIpc) is 2.02. The van der Waals surface area contributed by atoms with Gasteiger partial charge < -0.3 is 10.6 Å². The highest BCUT2D eigenvalue weighted by Crippen LogP contribution is 2.06. The summed E-state index contributed by atoms with van der Waals surface area (Å²) in [6, 6.07) is 0. The maximum Gasteiger partial charge on any atom is 0.250 e. The molecule has 0 aliphatic heterocycles. The summed E-state index contributed by atoms with van der Waals surface area (Å²) in [6.07, 6.45) is 1.77. The summed E-state index contributed by atoms with van der Waals surface area (Å²) in [4.78, 5) is 12.9. The maximum atomic E-state index is 11.3. The first kappa shape index (κ1) is 11.0. The normalized spacial score (nSPS) is 12.3. The first-order valence-electron chi connectivity index (χ1n) is 4.17. The van der Waals surface area contributed by atoms with Crippen molar-refractivity contribution in [3.05, 3.63) is 11.3 Å². The lowest BCUT2D eigenvalue weighted by atomic mass is 10.1. The minimum atomic E-state index is 0.000880. The fourth-order valence-electron chi connectivity index (χ4n) is 0.930. The van der Waals surface area contributed by atoms with E-state index in [2.05, 4.69) is 0 Å². The summed E-state index contributed by atoms with van der Waals surface area (Å²) in [5.41, 5.74) is 7.07. The number of rotatable bonds is 3. The van der Waals surface area contributed by atoms with Crippen molar-refractivity contribution < 1.29 is 4.79 Å². The predicted molar refractivity (Wildman–Crippen MR) is 50.5 cm³/mol. The molecule has 0 fully saturated rings. The summed E-state index contributed by atoms with van der Waals surface area (Å²) < 4.78 is 0. The Labute approximate surface area is 74.2 Å². The fraction of sp³-hybridized carbons (Fsp3) is 0.667. The molecule has 12 heavy (non-hydrogen) atoms. The Morgan fingerprint density at radius 2 is 1.92 bits per heavy atom. The van der Waals surface area contributed by atoms with Crippen molar-refractivity contribution in [2.45, 2.75) is 26.7 Å². The second kappa shape index (κ2) is 4.80. The second-order valence-corrected chi connectivity index (χ2v) is 3.10. The number of allylic oxidation sites excluding steroid dienone is 1. The zero-order valence-electron chi connectivity index (χ0n) is 8.35. The van der Waals surface area contributed by atoms with Crippen LogP contribution in [0.2, 0.25) is 0 Å². The molecule has 1 amide bonds. The molecule has 0 aliphatic rings. The van der Waals surface area contributed by atoms with Gasteiger partial charge in [-0.3, -0.25) is 4.79 Å². The summed E-state index contributed by atoms with van der Waals surface area (Å²) in [6.45, 7) is 3.81. The standard InChI is InChI=1S/C9H18N2O/c1-5-6-8(10)7(2)9(12)11(3)4/h5-6,10H2,1-4H3. The molecule has 0 unspecified atom stereocenters. The van der Waals surface area contributed by atoms with E-state index in [0.717, 1.165) is 12.8 Å². The van der Waals surface area contributed by atoms with Crippen LogP contribution in [-0.2, 0) is 4.79 Å². The van der Waals surface area contributed by atoms with E-state index < -0.39 is 0 Å². The molecule has 0 rings (SSSR count). The van der Waals surface area contributed by atoms with Crippen LogP contribution in [0.4, 0.5) is 0 Å². The number of hydrogen-bond acceptors (Lipinski definition) is 2. The number of nitrogens with zero attached hydrogens (tertiary/aromatic N) is 1. The monoisotopic (exact) mass is 170 g/mol. The van der Waals surface area contributed by atoms with E-state index in [4.69, 9.17) is 5.73 Å². The quantitative estimate of drug-likeness (QED) is 0.645.